The minimum Gasteiger partial charge on any atom is -0.132 e. The average Bonchev–Trinajstić information content (AvgIpc) is 2.51. The predicted octanol–water partition coefficient (Wildman–Crippen LogP) is 2.11. The molecule has 1 atom stereocenters. The Kier molecular flexibility index (Phi) is 1.56. The lowest BCUT2D eigenvalue weighted by Crippen LogP contribution is -2.18. The van der Waals surface area contributed by atoms with Crippen LogP contribution in [0.25, 0.3) is 17.7 Å². The highest BCUT2D eigenvalue weighted by Gasteiger charge is 2.14. The van der Waals surface area contributed by atoms with Crippen LogP contribution in [0.15, 0.2) is 11.4 Å². The van der Waals surface area contributed by atoms with Crippen molar-refractivity contribution in [2.75, 3.05) is 0 Å². The molecule has 0 saturated carbocycles. The highest BCUT2D eigenvalue weighted by molar-refractivity contribution is 7.28. The maximum absolute atomic E-state index is 4.09. The third-order valence-electron chi connectivity index (χ3n) is 2.87. The summed E-state index contributed by atoms with van der Waals surface area (Å²) >= 11 is 0. The SMILES string of the molecule is C=c1[pH]cc2c1=C(C)C(C)=C2C. The quantitative estimate of drug-likeness (QED) is 0.568. The van der Waals surface area contributed by atoms with Gasteiger partial charge in [-0.2, -0.15) is 0 Å². The van der Waals surface area contributed by atoms with Crippen LogP contribution in [0.1, 0.15) is 26.3 Å². The van der Waals surface area contributed by atoms with Gasteiger partial charge < -0.3 is 0 Å². The van der Waals surface area contributed by atoms with E-state index < -0.39 is 0 Å². The summed E-state index contributed by atoms with van der Waals surface area (Å²) in [5, 5.41) is 1.43. The molecule has 0 bridgehead atoms. The van der Waals surface area contributed by atoms with Crippen LogP contribution in [-0.4, -0.2) is 0 Å². The predicted molar refractivity (Wildman–Crippen MR) is 58.1 cm³/mol. The number of fused-ring (bicyclic) bond motifs is 1. The summed E-state index contributed by atoms with van der Waals surface area (Å²) in [6, 6.07) is 0. The molecule has 62 valence electrons. The molecule has 0 fully saturated rings. The molecular weight excluding hydrogens is 163 g/mol. The van der Waals surface area contributed by atoms with Gasteiger partial charge in [0.05, 0.1) is 0 Å². The van der Waals surface area contributed by atoms with Gasteiger partial charge in [-0.3, -0.25) is 0 Å². The Hall–Kier alpha value is -0.740. The fourth-order valence-corrected chi connectivity index (χ4v) is 3.01. The molecule has 0 spiro atoms. The zero-order chi connectivity index (χ0) is 8.88. The summed E-state index contributed by atoms with van der Waals surface area (Å²) in [5.41, 5.74) is 5.79. The molecule has 1 heterocycles. The van der Waals surface area contributed by atoms with Crippen molar-refractivity contribution in [1.82, 2.24) is 0 Å². The Bertz CT molecular complexity index is 472. The van der Waals surface area contributed by atoms with Gasteiger partial charge >= 0.3 is 0 Å². The molecule has 0 saturated heterocycles. The molecule has 0 nitrogen and oxygen atoms in total. The largest absolute Gasteiger partial charge is 0.132 e. The molecule has 12 heavy (non-hydrogen) atoms. The van der Waals surface area contributed by atoms with E-state index in [1.165, 1.54) is 32.5 Å². The van der Waals surface area contributed by atoms with Crippen LogP contribution in [0, 0.1) is 0 Å². The second kappa shape index (κ2) is 2.37. The minimum atomic E-state index is 0.814. The van der Waals surface area contributed by atoms with E-state index in [1.54, 1.807) is 0 Å². The van der Waals surface area contributed by atoms with Gasteiger partial charge in [0.15, 0.2) is 0 Å². The van der Waals surface area contributed by atoms with Gasteiger partial charge in [0, 0.05) is 0 Å². The first kappa shape index (κ1) is 7.89. The molecule has 0 aliphatic heterocycles. The lowest BCUT2D eigenvalue weighted by molar-refractivity contribution is 1.50. The van der Waals surface area contributed by atoms with E-state index in [4.69, 9.17) is 0 Å². The molecule has 1 unspecified atom stereocenters. The van der Waals surface area contributed by atoms with Gasteiger partial charge in [-0.1, -0.05) is 6.58 Å². The van der Waals surface area contributed by atoms with Crippen molar-refractivity contribution in [3.8, 4) is 0 Å². The Morgan fingerprint density at radius 3 is 2.33 bits per heavy atom. The van der Waals surface area contributed by atoms with Gasteiger partial charge in [0.2, 0.25) is 0 Å². The smallest absolute Gasteiger partial charge is 0.00422 e. The zero-order valence-electron chi connectivity index (χ0n) is 7.78. The molecule has 0 aromatic carbocycles. The third kappa shape index (κ3) is 0.791. The summed E-state index contributed by atoms with van der Waals surface area (Å²) in [6.45, 7) is 10.7. The molecule has 0 radical (unpaired) electrons. The fourth-order valence-electron chi connectivity index (χ4n) is 1.86. The van der Waals surface area contributed by atoms with E-state index >= 15 is 0 Å². The summed E-state index contributed by atoms with van der Waals surface area (Å²) in [6.07, 6.45) is 0. The fraction of sp³-hybridized carbons (Fsp3) is 0.273. The lowest BCUT2D eigenvalue weighted by atomic mass is 10.1. The molecule has 1 aliphatic carbocycles. The molecule has 0 amide bonds. The Labute approximate surface area is 74.4 Å². The Morgan fingerprint density at radius 1 is 1.08 bits per heavy atom. The van der Waals surface area contributed by atoms with E-state index in [2.05, 4.69) is 33.1 Å². The molecule has 1 aromatic rings. The van der Waals surface area contributed by atoms with Gasteiger partial charge in [0.1, 0.15) is 0 Å². The van der Waals surface area contributed by atoms with Crippen molar-refractivity contribution >= 4 is 25.9 Å². The van der Waals surface area contributed by atoms with Gasteiger partial charge in [-0.05, 0) is 59.0 Å². The minimum absolute atomic E-state index is 0.814. The van der Waals surface area contributed by atoms with Crippen molar-refractivity contribution in [2.24, 2.45) is 0 Å². The van der Waals surface area contributed by atoms with E-state index in [0.717, 1.165) is 8.19 Å². The lowest BCUT2D eigenvalue weighted by Gasteiger charge is -1.96. The third-order valence-corrected chi connectivity index (χ3v) is 3.90. The normalized spacial score (nSPS) is 16.4. The summed E-state index contributed by atoms with van der Waals surface area (Å²) < 4.78 is 0. The summed E-state index contributed by atoms with van der Waals surface area (Å²) in [7, 11) is 0.814. The molecule has 1 heteroatoms. The van der Waals surface area contributed by atoms with Crippen LogP contribution in [0.4, 0.5) is 0 Å². The molecule has 1 aliphatic rings. The monoisotopic (exact) mass is 176 g/mol. The van der Waals surface area contributed by atoms with E-state index in [1.807, 2.05) is 0 Å². The number of rotatable bonds is 0. The van der Waals surface area contributed by atoms with E-state index in [-0.39, 0.29) is 0 Å². The van der Waals surface area contributed by atoms with Crippen LogP contribution < -0.4 is 10.2 Å². The van der Waals surface area contributed by atoms with E-state index in [0.29, 0.717) is 0 Å². The molecular formula is C11H13P. The first-order chi connectivity index (χ1) is 5.63. The van der Waals surface area contributed by atoms with Crippen LogP contribution in [0.2, 0.25) is 0 Å². The Morgan fingerprint density at radius 2 is 1.75 bits per heavy atom. The first-order valence-electron chi connectivity index (χ1n) is 4.18. The van der Waals surface area contributed by atoms with Gasteiger partial charge in [-0.25, -0.2) is 0 Å². The van der Waals surface area contributed by atoms with Crippen molar-refractivity contribution < 1.29 is 0 Å². The van der Waals surface area contributed by atoms with Crippen molar-refractivity contribution in [3.63, 3.8) is 0 Å². The van der Waals surface area contributed by atoms with Crippen molar-refractivity contribution in [2.45, 2.75) is 20.8 Å². The zero-order valence-corrected chi connectivity index (χ0v) is 8.78. The van der Waals surface area contributed by atoms with Crippen molar-refractivity contribution in [3.05, 3.63) is 27.1 Å². The number of hydrogen-bond donors (Lipinski definition) is 0. The van der Waals surface area contributed by atoms with Gasteiger partial charge in [-0.15, -0.1) is 8.19 Å². The number of hydrogen-bond acceptors (Lipinski definition) is 0. The Balaban J connectivity index is 2.97. The average molecular weight is 176 g/mol. The van der Waals surface area contributed by atoms with Crippen LogP contribution in [0.5, 0.6) is 0 Å². The van der Waals surface area contributed by atoms with Crippen LogP contribution in [0.3, 0.4) is 0 Å². The van der Waals surface area contributed by atoms with E-state index in [9.17, 15) is 0 Å². The van der Waals surface area contributed by atoms with Crippen LogP contribution in [-0.2, 0) is 0 Å². The first-order valence-corrected chi connectivity index (χ1v) is 5.26. The molecule has 2 rings (SSSR count). The second-order valence-corrected chi connectivity index (χ2v) is 4.61. The van der Waals surface area contributed by atoms with Crippen LogP contribution >= 0.6 is 8.19 Å². The highest BCUT2D eigenvalue weighted by Crippen LogP contribution is 2.27. The summed E-state index contributed by atoms with van der Waals surface area (Å²) in [4.78, 5) is 1.32. The number of allylic oxidation sites excluding steroid dienone is 2. The highest BCUT2D eigenvalue weighted by atomic mass is 31.0. The standard InChI is InChI=1S/C11H13P/c1-6-7(2)10-5-12-9(4)11(10)8(6)3/h5,12H,4H2,1-3H3. The van der Waals surface area contributed by atoms with Gasteiger partial charge in [0.25, 0.3) is 0 Å². The summed E-state index contributed by atoms with van der Waals surface area (Å²) in [5.74, 6) is 2.33. The molecule has 1 aromatic heterocycles. The van der Waals surface area contributed by atoms with Crippen molar-refractivity contribution in [1.29, 1.82) is 0 Å². The molecule has 0 N–H and O–H groups in total. The maximum atomic E-state index is 4.09. The maximum Gasteiger partial charge on any atom is -0.00422 e. The second-order valence-electron chi connectivity index (χ2n) is 3.43. The topological polar surface area (TPSA) is 0 Å².